The molecule has 0 radical (unpaired) electrons. The fourth-order valence-corrected chi connectivity index (χ4v) is 5.01. The summed E-state index contributed by atoms with van der Waals surface area (Å²) in [6.45, 7) is 19.5. The molecule has 0 saturated carbocycles. The Morgan fingerprint density at radius 3 is 2.36 bits per heavy atom. The Labute approximate surface area is 267 Å². The predicted octanol–water partition coefficient (Wildman–Crippen LogP) is 3.00. The number of carbonyl (C=O) groups excluding carboxylic acids is 3. The van der Waals surface area contributed by atoms with Crippen molar-refractivity contribution in [3.05, 3.63) is 59.7 Å². The highest BCUT2D eigenvalue weighted by Gasteiger charge is 2.38. The number of aromatic nitrogens is 1. The van der Waals surface area contributed by atoms with Crippen molar-refractivity contribution in [2.45, 2.75) is 66.5 Å². The summed E-state index contributed by atoms with van der Waals surface area (Å²) in [5.41, 5.74) is 13.6. The number of allylic oxidation sites excluding steroid dienone is 1. The maximum absolute atomic E-state index is 12.5. The van der Waals surface area contributed by atoms with E-state index < -0.39 is 0 Å². The van der Waals surface area contributed by atoms with E-state index in [2.05, 4.69) is 39.1 Å². The number of nitrogens with one attached hydrogen (secondary N) is 2. The van der Waals surface area contributed by atoms with Crippen LogP contribution in [-0.4, -0.2) is 89.4 Å². The van der Waals surface area contributed by atoms with Gasteiger partial charge in [-0.05, 0) is 65.3 Å². The molecular formula is C33H51N9O3. The van der Waals surface area contributed by atoms with Gasteiger partial charge in [-0.25, -0.2) is 4.99 Å². The van der Waals surface area contributed by atoms with E-state index in [1.807, 2.05) is 56.7 Å². The molecule has 1 aromatic carbocycles. The zero-order valence-electron chi connectivity index (χ0n) is 27.9. The number of likely N-dealkylation sites (N-methyl/N-ethyl adjacent to an activating group) is 1. The number of amides is 2. The molecule has 45 heavy (non-hydrogen) atoms. The summed E-state index contributed by atoms with van der Waals surface area (Å²) in [4.78, 5) is 48.3. The van der Waals surface area contributed by atoms with Gasteiger partial charge in [-0.3, -0.25) is 24.7 Å². The lowest BCUT2D eigenvalue weighted by Crippen LogP contribution is -2.56. The van der Waals surface area contributed by atoms with Gasteiger partial charge < -0.3 is 31.2 Å². The summed E-state index contributed by atoms with van der Waals surface area (Å²) in [5, 5.41) is 7.04. The minimum atomic E-state index is -0.376. The number of likely N-dealkylation sites (tertiary alicyclic amines) is 1. The maximum atomic E-state index is 12.5. The molecule has 0 bridgehead atoms. The van der Waals surface area contributed by atoms with E-state index in [4.69, 9.17) is 11.5 Å². The van der Waals surface area contributed by atoms with Gasteiger partial charge in [-0.2, -0.15) is 0 Å². The molecule has 6 N–H and O–H groups in total. The smallest absolute Gasteiger partial charge is 0.276 e. The largest absolute Gasteiger partial charge is 0.384 e. The number of aliphatic imine (C=N–C) groups is 2. The van der Waals surface area contributed by atoms with Crippen molar-refractivity contribution in [1.29, 1.82) is 0 Å². The van der Waals surface area contributed by atoms with Crippen LogP contribution in [0.25, 0.3) is 10.9 Å². The Morgan fingerprint density at radius 2 is 1.80 bits per heavy atom. The zero-order valence-corrected chi connectivity index (χ0v) is 27.9. The van der Waals surface area contributed by atoms with Gasteiger partial charge in [0, 0.05) is 48.8 Å². The van der Waals surface area contributed by atoms with Gasteiger partial charge in [0.15, 0.2) is 12.2 Å². The standard InChI is InChI=1S/C16H27N7O.C15H18N2O2.C2H6/c1-10(2)12(20-11(3)13(17)18)14(24)21-15-19-9-16(22-15)5-7-23(4)8-6-16;1-3-16(4-2)15(19)10-17-9-8-13-12(11-18)6-5-7-14(13)17;1-2/h1,5-9,17-18H2,2-4H3,(H2,19,21,22,24);5-9,11H,3-4,10H2,1-2H3;1-2H3. The first-order valence-corrected chi connectivity index (χ1v) is 15.5. The van der Waals surface area contributed by atoms with Gasteiger partial charge >= 0.3 is 0 Å². The number of nitrogens with two attached hydrogens (primary N) is 2. The molecule has 2 aliphatic heterocycles. The molecule has 0 atom stereocenters. The lowest BCUT2D eigenvalue weighted by Gasteiger charge is -2.37. The van der Waals surface area contributed by atoms with Crippen LogP contribution in [0.4, 0.5) is 0 Å². The van der Waals surface area contributed by atoms with Crippen molar-refractivity contribution in [3.63, 3.8) is 0 Å². The molecule has 12 heteroatoms. The molecule has 2 amide bonds. The highest BCUT2D eigenvalue weighted by molar-refractivity contribution is 6.47. The summed E-state index contributed by atoms with van der Waals surface area (Å²) in [7, 11) is 2.11. The van der Waals surface area contributed by atoms with Crippen LogP contribution in [0.15, 0.2) is 64.1 Å². The van der Waals surface area contributed by atoms with Crippen LogP contribution < -0.4 is 22.1 Å². The van der Waals surface area contributed by atoms with Gasteiger partial charge in [-0.1, -0.05) is 32.6 Å². The number of guanidine groups is 1. The van der Waals surface area contributed by atoms with Gasteiger partial charge in [-0.15, -0.1) is 0 Å². The van der Waals surface area contributed by atoms with Crippen LogP contribution in [0, 0.1) is 0 Å². The lowest BCUT2D eigenvalue weighted by molar-refractivity contribution is -0.131. The van der Waals surface area contributed by atoms with E-state index in [1.54, 1.807) is 24.8 Å². The summed E-state index contributed by atoms with van der Waals surface area (Å²) in [6, 6.07) is 7.43. The number of nitrogens with zero attached hydrogens (tertiary/aromatic N) is 5. The third kappa shape index (κ3) is 9.77. The first-order valence-electron chi connectivity index (χ1n) is 15.5. The number of piperidine rings is 1. The maximum Gasteiger partial charge on any atom is 0.276 e. The third-order valence-corrected chi connectivity index (χ3v) is 7.81. The Bertz CT molecular complexity index is 1440. The van der Waals surface area contributed by atoms with E-state index >= 15 is 0 Å². The van der Waals surface area contributed by atoms with Crippen LogP contribution in [0.5, 0.6) is 0 Å². The number of hydrogen-bond acceptors (Lipinski definition) is 9. The van der Waals surface area contributed by atoms with Crippen LogP contribution in [0.1, 0.15) is 64.7 Å². The average Bonchev–Trinajstić information content (AvgIpc) is 3.62. The van der Waals surface area contributed by atoms with Crippen molar-refractivity contribution >= 4 is 40.7 Å². The lowest BCUT2D eigenvalue weighted by atomic mass is 9.88. The number of rotatable bonds is 8. The molecular weight excluding hydrogens is 570 g/mol. The normalized spacial score (nSPS) is 15.4. The van der Waals surface area contributed by atoms with Gasteiger partial charge in [0.2, 0.25) is 5.91 Å². The van der Waals surface area contributed by atoms with Gasteiger partial charge in [0.05, 0.1) is 17.8 Å². The van der Waals surface area contributed by atoms with Gasteiger partial charge in [0.25, 0.3) is 5.91 Å². The molecule has 0 aliphatic carbocycles. The van der Waals surface area contributed by atoms with E-state index in [9.17, 15) is 14.4 Å². The van der Waals surface area contributed by atoms with Crippen molar-refractivity contribution in [1.82, 2.24) is 25.0 Å². The van der Waals surface area contributed by atoms with Crippen LogP contribution in [-0.2, 0) is 16.1 Å². The Hall–Kier alpha value is -4.45. The summed E-state index contributed by atoms with van der Waals surface area (Å²) >= 11 is 0. The fraction of sp³-hybridized carbons (Fsp3) is 0.485. The second kappa shape index (κ2) is 17.1. The van der Waals surface area contributed by atoms with Crippen LogP contribution >= 0.6 is 0 Å². The van der Waals surface area contributed by atoms with E-state index in [0.717, 1.165) is 43.1 Å². The highest BCUT2D eigenvalue weighted by atomic mass is 16.2. The molecule has 2 aromatic rings. The van der Waals surface area contributed by atoms with Crippen molar-refractivity contribution in [2.24, 2.45) is 21.5 Å². The zero-order chi connectivity index (χ0) is 33.7. The number of benzene rings is 1. The molecule has 2 aliphatic rings. The molecule has 4 rings (SSSR count). The summed E-state index contributed by atoms with van der Waals surface area (Å²) < 4.78 is 1.89. The van der Waals surface area contributed by atoms with Crippen molar-refractivity contribution in [2.75, 3.05) is 39.8 Å². The van der Waals surface area contributed by atoms with Crippen molar-refractivity contribution < 1.29 is 14.4 Å². The number of hydrogen-bond donors (Lipinski definition) is 4. The highest BCUT2D eigenvalue weighted by Crippen LogP contribution is 2.25. The molecule has 1 saturated heterocycles. The topological polar surface area (TPSA) is 163 Å². The Kier molecular flexibility index (Phi) is 14.0. The Balaban J connectivity index is 0.000000304. The van der Waals surface area contributed by atoms with Crippen molar-refractivity contribution in [3.8, 4) is 0 Å². The predicted molar refractivity (Wildman–Crippen MR) is 183 cm³/mol. The first-order chi connectivity index (χ1) is 21.4. The number of carbonyl (C=O) groups is 3. The molecule has 1 aromatic heterocycles. The minimum absolute atomic E-state index is 0.0485. The van der Waals surface area contributed by atoms with Crippen LogP contribution in [0.3, 0.4) is 0 Å². The average molecular weight is 622 g/mol. The first kappa shape index (κ1) is 36.7. The molecule has 1 spiro atoms. The molecule has 0 unspecified atom stereocenters. The minimum Gasteiger partial charge on any atom is -0.384 e. The SMILES string of the molecule is C=C(C)C(=NC(C)=C(N)N)C(=O)NC1=NCC2(CCN(C)CC2)N1.CC.CCN(CC)C(=O)Cn1ccc2c(C=O)cccc21. The molecule has 3 heterocycles. The molecule has 1 fully saturated rings. The third-order valence-electron chi connectivity index (χ3n) is 7.81. The second-order valence-corrected chi connectivity index (χ2v) is 11.0. The second-order valence-electron chi connectivity index (χ2n) is 11.0. The summed E-state index contributed by atoms with van der Waals surface area (Å²) in [6.07, 6.45) is 4.71. The molecule has 12 nitrogen and oxygen atoms in total. The fourth-order valence-electron chi connectivity index (χ4n) is 5.01. The Morgan fingerprint density at radius 1 is 1.16 bits per heavy atom. The van der Waals surface area contributed by atoms with E-state index in [-0.39, 0.29) is 28.9 Å². The molecule has 246 valence electrons. The van der Waals surface area contributed by atoms with E-state index in [1.165, 1.54) is 0 Å². The van der Waals surface area contributed by atoms with E-state index in [0.29, 0.717) is 49.0 Å². The van der Waals surface area contributed by atoms with Gasteiger partial charge in [0.1, 0.15) is 18.1 Å². The summed E-state index contributed by atoms with van der Waals surface area (Å²) in [5.74, 6) is 0.280. The van der Waals surface area contributed by atoms with Crippen LogP contribution in [0.2, 0.25) is 0 Å². The monoisotopic (exact) mass is 621 g/mol. The number of fused-ring (bicyclic) bond motifs is 1. The quantitative estimate of drug-likeness (QED) is 0.260. The number of aldehydes is 1.